The largest absolute Gasteiger partial charge is 0.352 e. The molecule has 2 amide bonds. The van der Waals surface area contributed by atoms with Crippen LogP contribution in [0.1, 0.15) is 38.8 Å². The number of hydrogen-bond acceptors (Lipinski definition) is 3. The molecule has 1 rings (SSSR count). The molecule has 3 N–H and O–H groups in total. The van der Waals surface area contributed by atoms with Crippen molar-refractivity contribution in [2.45, 2.75) is 39.3 Å². The lowest BCUT2D eigenvalue weighted by Crippen LogP contribution is -2.44. The second-order valence-electron chi connectivity index (χ2n) is 5.94. The van der Waals surface area contributed by atoms with E-state index in [1.54, 1.807) is 0 Å². The van der Waals surface area contributed by atoms with E-state index in [0.29, 0.717) is 13.0 Å². The Balaban J connectivity index is 2.78. The summed E-state index contributed by atoms with van der Waals surface area (Å²) in [4.78, 5) is 24.5. The van der Waals surface area contributed by atoms with Crippen LogP contribution in [0.15, 0.2) is 30.3 Å². The van der Waals surface area contributed by atoms with Crippen LogP contribution in [0.4, 0.5) is 0 Å². The van der Waals surface area contributed by atoms with E-state index in [-0.39, 0.29) is 23.8 Å². The van der Waals surface area contributed by atoms with E-state index in [2.05, 4.69) is 16.0 Å². The fourth-order valence-electron chi connectivity index (χ4n) is 1.99. The Morgan fingerprint density at radius 3 is 2.27 bits per heavy atom. The summed E-state index contributed by atoms with van der Waals surface area (Å²) in [6.45, 7) is 6.45. The van der Waals surface area contributed by atoms with Gasteiger partial charge in [-0.05, 0) is 25.5 Å². The van der Waals surface area contributed by atoms with Crippen LogP contribution < -0.4 is 16.0 Å². The average Bonchev–Trinajstić information content (AvgIpc) is 2.50. The third-order valence-electron chi connectivity index (χ3n) is 3.37. The van der Waals surface area contributed by atoms with Crippen molar-refractivity contribution in [3.63, 3.8) is 0 Å². The second-order valence-corrected chi connectivity index (χ2v) is 5.94. The first-order valence-corrected chi connectivity index (χ1v) is 7.73. The number of carbonyl (C=O) groups excluding carboxylic acids is 2. The van der Waals surface area contributed by atoms with Crippen LogP contribution in [0.2, 0.25) is 0 Å². The molecule has 0 radical (unpaired) electrons. The van der Waals surface area contributed by atoms with Gasteiger partial charge in [0.1, 0.15) is 6.04 Å². The zero-order chi connectivity index (χ0) is 16.5. The van der Waals surface area contributed by atoms with Crippen LogP contribution in [0.3, 0.4) is 0 Å². The molecular formula is C17H27N3O2. The molecule has 5 heteroatoms. The molecule has 0 aromatic heterocycles. The number of carbonyl (C=O) groups is 2. The van der Waals surface area contributed by atoms with E-state index in [1.807, 2.05) is 58.2 Å². The number of benzene rings is 1. The first kappa shape index (κ1) is 18.2. The van der Waals surface area contributed by atoms with Crippen molar-refractivity contribution >= 4 is 11.8 Å². The summed E-state index contributed by atoms with van der Waals surface area (Å²) >= 11 is 0. The maximum Gasteiger partial charge on any atom is 0.247 e. The number of nitrogens with one attached hydrogen (secondary N) is 3. The Morgan fingerprint density at radius 2 is 1.73 bits per heavy atom. The molecule has 0 aliphatic rings. The Morgan fingerprint density at radius 1 is 1.09 bits per heavy atom. The SMILES string of the molecule is CNC(C)CNC(=O)C(NC(=O)CC(C)C)c1ccccc1. The van der Waals surface area contributed by atoms with Crippen molar-refractivity contribution in [2.75, 3.05) is 13.6 Å². The lowest BCUT2D eigenvalue weighted by Gasteiger charge is -2.20. The molecule has 0 saturated carbocycles. The van der Waals surface area contributed by atoms with Crippen molar-refractivity contribution in [3.05, 3.63) is 35.9 Å². The summed E-state index contributed by atoms with van der Waals surface area (Å²) in [7, 11) is 1.84. The van der Waals surface area contributed by atoms with Gasteiger partial charge < -0.3 is 16.0 Å². The summed E-state index contributed by atoms with van der Waals surface area (Å²) in [5.74, 6) is -0.0464. The van der Waals surface area contributed by atoms with Gasteiger partial charge in [0.15, 0.2) is 0 Å². The monoisotopic (exact) mass is 305 g/mol. The Hall–Kier alpha value is -1.88. The molecule has 0 heterocycles. The van der Waals surface area contributed by atoms with Gasteiger partial charge in [-0.25, -0.2) is 0 Å². The zero-order valence-corrected chi connectivity index (χ0v) is 13.8. The van der Waals surface area contributed by atoms with E-state index < -0.39 is 6.04 Å². The summed E-state index contributed by atoms with van der Waals surface area (Å²) < 4.78 is 0. The molecule has 0 saturated heterocycles. The van der Waals surface area contributed by atoms with E-state index in [1.165, 1.54) is 0 Å². The predicted octanol–water partition coefficient (Wildman–Crippen LogP) is 1.61. The minimum absolute atomic E-state index is 0.110. The van der Waals surface area contributed by atoms with Crippen LogP contribution >= 0.6 is 0 Å². The Bertz CT molecular complexity index is 474. The van der Waals surface area contributed by atoms with Gasteiger partial charge in [0.05, 0.1) is 0 Å². The molecule has 2 unspecified atom stereocenters. The van der Waals surface area contributed by atoms with Crippen LogP contribution in [0, 0.1) is 5.92 Å². The predicted molar refractivity (Wildman–Crippen MR) is 88.3 cm³/mol. The van der Waals surface area contributed by atoms with E-state index >= 15 is 0 Å². The minimum Gasteiger partial charge on any atom is -0.352 e. The molecule has 122 valence electrons. The van der Waals surface area contributed by atoms with E-state index in [4.69, 9.17) is 0 Å². The third kappa shape index (κ3) is 6.26. The van der Waals surface area contributed by atoms with Gasteiger partial charge in [-0.3, -0.25) is 9.59 Å². The van der Waals surface area contributed by atoms with Gasteiger partial charge in [-0.2, -0.15) is 0 Å². The Kier molecular flexibility index (Phi) is 7.60. The molecule has 0 aliphatic carbocycles. The molecular weight excluding hydrogens is 278 g/mol. The van der Waals surface area contributed by atoms with Crippen LogP contribution in [-0.4, -0.2) is 31.4 Å². The molecule has 0 aliphatic heterocycles. The lowest BCUT2D eigenvalue weighted by molar-refractivity contribution is -0.129. The van der Waals surface area contributed by atoms with E-state index in [9.17, 15) is 9.59 Å². The summed E-state index contributed by atoms with van der Waals surface area (Å²) in [5.41, 5.74) is 0.786. The maximum atomic E-state index is 12.4. The summed E-state index contributed by atoms with van der Waals surface area (Å²) in [5, 5.41) is 8.77. The van der Waals surface area contributed by atoms with Crippen molar-refractivity contribution in [2.24, 2.45) is 5.92 Å². The molecule has 0 fully saturated rings. The molecule has 5 nitrogen and oxygen atoms in total. The topological polar surface area (TPSA) is 70.2 Å². The highest BCUT2D eigenvalue weighted by molar-refractivity contribution is 5.88. The molecule has 0 bridgehead atoms. The highest BCUT2D eigenvalue weighted by Crippen LogP contribution is 2.13. The minimum atomic E-state index is -0.656. The van der Waals surface area contributed by atoms with Crippen LogP contribution in [0.5, 0.6) is 0 Å². The van der Waals surface area contributed by atoms with Crippen molar-refractivity contribution in [1.29, 1.82) is 0 Å². The standard InChI is InChI=1S/C17H27N3O2/c1-12(2)10-15(21)20-16(14-8-6-5-7-9-14)17(22)19-11-13(3)18-4/h5-9,12-13,16,18H,10-11H2,1-4H3,(H,19,22)(H,20,21). The molecule has 0 spiro atoms. The molecule has 1 aromatic rings. The van der Waals surface area contributed by atoms with Crippen molar-refractivity contribution in [1.82, 2.24) is 16.0 Å². The molecule has 2 atom stereocenters. The van der Waals surface area contributed by atoms with Gasteiger partial charge in [0, 0.05) is 19.0 Å². The number of likely N-dealkylation sites (N-methyl/N-ethyl adjacent to an activating group) is 1. The first-order valence-electron chi connectivity index (χ1n) is 7.73. The van der Waals surface area contributed by atoms with E-state index in [0.717, 1.165) is 5.56 Å². The Labute approximate surface area is 132 Å². The highest BCUT2D eigenvalue weighted by Gasteiger charge is 2.22. The number of amides is 2. The average molecular weight is 305 g/mol. The van der Waals surface area contributed by atoms with Gasteiger partial charge in [0.2, 0.25) is 11.8 Å². The first-order chi connectivity index (χ1) is 10.4. The maximum absolute atomic E-state index is 12.4. The van der Waals surface area contributed by atoms with Gasteiger partial charge >= 0.3 is 0 Å². The third-order valence-corrected chi connectivity index (χ3v) is 3.37. The highest BCUT2D eigenvalue weighted by atomic mass is 16.2. The van der Waals surface area contributed by atoms with Gasteiger partial charge in [-0.1, -0.05) is 44.2 Å². The van der Waals surface area contributed by atoms with Crippen LogP contribution in [-0.2, 0) is 9.59 Å². The number of hydrogen-bond donors (Lipinski definition) is 3. The fraction of sp³-hybridized carbons (Fsp3) is 0.529. The van der Waals surface area contributed by atoms with Gasteiger partial charge in [0.25, 0.3) is 0 Å². The van der Waals surface area contributed by atoms with Crippen molar-refractivity contribution in [3.8, 4) is 0 Å². The fourth-order valence-corrected chi connectivity index (χ4v) is 1.99. The number of rotatable bonds is 8. The lowest BCUT2D eigenvalue weighted by atomic mass is 10.0. The second kappa shape index (κ2) is 9.20. The quantitative estimate of drug-likeness (QED) is 0.683. The summed E-state index contributed by atoms with van der Waals surface area (Å²) in [6, 6.07) is 8.82. The summed E-state index contributed by atoms with van der Waals surface area (Å²) in [6.07, 6.45) is 0.406. The van der Waals surface area contributed by atoms with Gasteiger partial charge in [-0.15, -0.1) is 0 Å². The molecule has 1 aromatic carbocycles. The smallest absolute Gasteiger partial charge is 0.247 e. The zero-order valence-electron chi connectivity index (χ0n) is 13.8. The van der Waals surface area contributed by atoms with Crippen LogP contribution in [0.25, 0.3) is 0 Å². The van der Waals surface area contributed by atoms with Crippen molar-refractivity contribution < 1.29 is 9.59 Å². The normalized spacial score (nSPS) is 13.5. The molecule has 22 heavy (non-hydrogen) atoms.